The maximum Gasteiger partial charge on any atom is 0.136 e. The van der Waals surface area contributed by atoms with Crippen molar-refractivity contribution in [2.24, 2.45) is 0 Å². The first-order valence-corrected chi connectivity index (χ1v) is 6.11. The zero-order valence-electron chi connectivity index (χ0n) is 9.35. The molecule has 5 heteroatoms. The highest BCUT2D eigenvalue weighted by molar-refractivity contribution is 9.10. The summed E-state index contributed by atoms with van der Waals surface area (Å²) in [6, 6.07) is 3.74. The number of likely N-dealkylation sites (N-methyl/N-ethyl adjacent to an activating group) is 1. The van der Waals surface area contributed by atoms with Gasteiger partial charge in [-0.15, -0.1) is 12.4 Å². The van der Waals surface area contributed by atoms with Gasteiger partial charge in [0.2, 0.25) is 0 Å². The highest BCUT2D eigenvalue weighted by atomic mass is 79.9. The summed E-state index contributed by atoms with van der Waals surface area (Å²) in [4.78, 5) is 0. The molecule has 0 aliphatic heterocycles. The van der Waals surface area contributed by atoms with Crippen LogP contribution >= 0.6 is 39.9 Å². The minimum atomic E-state index is 0. The van der Waals surface area contributed by atoms with Crippen molar-refractivity contribution in [1.29, 1.82) is 0 Å². The van der Waals surface area contributed by atoms with Crippen LogP contribution in [0.25, 0.3) is 0 Å². The van der Waals surface area contributed by atoms with Gasteiger partial charge in [-0.3, -0.25) is 0 Å². The van der Waals surface area contributed by atoms with Crippen LogP contribution in [0.5, 0.6) is 5.75 Å². The Morgan fingerprint density at radius 2 is 2.12 bits per heavy atom. The van der Waals surface area contributed by atoms with Crippen molar-refractivity contribution in [3.05, 3.63) is 27.2 Å². The molecule has 0 bridgehead atoms. The summed E-state index contributed by atoms with van der Waals surface area (Å²) in [5.74, 6) is 0.873. The lowest BCUT2D eigenvalue weighted by Gasteiger charge is -2.11. The van der Waals surface area contributed by atoms with E-state index in [1.54, 1.807) is 0 Å². The standard InChI is InChI=1S/C11H15BrClNO.ClH/c1-3-14-4-5-15-11-8(2)6-9(13)7-10(11)12;/h6-7,14H,3-5H2,1-2H3;1H. The SMILES string of the molecule is CCNCCOc1c(C)cc(Cl)cc1Br.Cl. The summed E-state index contributed by atoms with van der Waals surface area (Å²) in [7, 11) is 0. The lowest BCUT2D eigenvalue weighted by Crippen LogP contribution is -2.20. The average molecular weight is 329 g/mol. The Morgan fingerprint density at radius 1 is 1.44 bits per heavy atom. The van der Waals surface area contributed by atoms with Crippen LogP contribution in [0.4, 0.5) is 0 Å². The summed E-state index contributed by atoms with van der Waals surface area (Å²) >= 11 is 9.35. The van der Waals surface area contributed by atoms with Gasteiger partial charge in [0.05, 0.1) is 4.47 Å². The molecule has 0 amide bonds. The van der Waals surface area contributed by atoms with Crippen molar-refractivity contribution >= 4 is 39.9 Å². The second-order valence-corrected chi connectivity index (χ2v) is 4.53. The summed E-state index contributed by atoms with van der Waals surface area (Å²) < 4.78 is 6.56. The van der Waals surface area contributed by atoms with E-state index in [0.717, 1.165) is 33.9 Å². The number of hydrogen-bond donors (Lipinski definition) is 1. The van der Waals surface area contributed by atoms with Crippen LogP contribution < -0.4 is 10.1 Å². The van der Waals surface area contributed by atoms with Gasteiger partial charge in [-0.1, -0.05) is 18.5 Å². The van der Waals surface area contributed by atoms with Crippen LogP contribution in [0, 0.1) is 6.92 Å². The van der Waals surface area contributed by atoms with Gasteiger partial charge in [-0.05, 0) is 47.1 Å². The molecular weight excluding hydrogens is 313 g/mol. The van der Waals surface area contributed by atoms with Gasteiger partial charge < -0.3 is 10.1 Å². The molecular formula is C11H16BrCl2NO. The fourth-order valence-electron chi connectivity index (χ4n) is 1.27. The summed E-state index contributed by atoms with van der Waals surface area (Å²) in [5, 5.41) is 3.92. The molecule has 0 fully saturated rings. The molecule has 0 saturated heterocycles. The monoisotopic (exact) mass is 327 g/mol. The molecule has 92 valence electrons. The number of nitrogens with one attached hydrogen (secondary N) is 1. The first-order valence-electron chi connectivity index (χ1n) is 4.94. The second-order valence-electron chi connectivity index (χ2n) is 3.24. The maximum absolute atomic E-state index is 5.91. The van der Waals surface area contributed by atoms with E-state index in [1.807, 2.05) is 19.1 Å². The molecule has 2 nitrogen and oxygen atoms in total. The van der Waals surface area contributed by atoms with Crippen LogP contribution in [0.15, 0.2) is 16.6 Å². The van der Waals surface area contributed by atoms with Crippen LogP contribution in [0.2, 0.25) is 5.02 Å². The van der Waals surface area contributed by atoms with Crippen LogP contribution in [0.3, 0.4) is 0 Å². The van der Waals surface area contributed by atoms with Gasteiger partial charge in [0, 0.05) is 11.6 Å². The Bertz CT molecular complexity index is 311. The number of halogens is 3. The predicted molar refractivity (Wildman–Crippen MR) is 75.2 cm³/mol. The van der Waals surface area contributed by atoms with Crippen LogP contribution in [0.1, 0.15) is 12.5 Å². The molecule has 0 spiro atoms. The molecule has 0 aliphatic carbocycles. The average Bonchev–Trinajstić information content (AvgIpc) is 2.15. The van der Waals surface area contributed by atoms with Gasteiger partial charge in [-0.2, -0.15) is 0 Å². The van der Waals surface area contributed by atoms with Gasteiger partial charge in [0.15, 0.2) is 0 Å². The maximum atomic E-state index is 5.91. The highest BCUT2D eigenvalue weighted by Gasteiger charge is 2.06. The van der Waals surface area contributed by atoms with Gasteiger partial charge in [0.25, 0.3) is 0 Å². The zero-order valence-corrected chi connectivity index (χ0v) is 12.5. The molecule has 1 aromatic rings. The third-order valence-corrected chi connectivity index (χ3v) is 2.78. The van der Waals surface area contributed by atoms with Crippen molar-refractivity contribution in [2.75, 3.05) is 19.7 Å². The molecule has 16 heavy (non-hydrogen) atoms. The molecule has 1 aromatic carbocycles. The smallest absolute Gasteiger partial charge is 0.136 e. The molecule has 0 heterocycles. The van der Waals surface area contributed by atoms with Crippen molar-refractivity contribution < 1.29 is 4.74 Å². The Morgan fingerprint density at radius 3 is 2.69 bits per heavy atom. The summed E-state index contributed by atoms with van der Waals surface area (Å²) in [5.41, 5.74) is 1.05. The van der Waals surface area contributed by atoms with E-state index in [4.69, 9.17) is 16.3 Å². The van der Waals surface area contributed by atoms with E-state index in [-0.39, 0.29) is 12.4 Å². The molecule has 0 unspecified atom stereocenters. The first kappa shape index (κ1) is 16.0. The number of hydrogen-bond acceptors (Lipinski definition) is 2. The van der Waals surface area contributed by atoms with Crippen molar-refractivity contribution in [3.63, 3.8) is 0 Å². The van der Waals surface area contributed by atoms with Crippen molar-refractivity contribution in [1.82, 2.24) is 5.32 Å². The van der Waals surface area contributed by atoms with E-state index in [0.29, 0.717) is 6.61 Å². The van der Waals surface area contributed by atoms with E-state index in [9.17, 15) is 0 Å². The van der Waals surface area contributed by atoms with Crippen LogP contribution in [-0.2, 0) is 0 Å². The van der Waals surface area contributed by atoms with E-state index < -0.39 is 0 Å². The number of rotatable bonds is 5. The lowest BCUT2D eigenvalue weighted by atomic mass is 10.2. The molecule has 0 saturated carbocycles. The molecule has 1 N–H and O–H groups in total. The zero-order chi connectivity index (χ0) is 11.3. The van der Waals surface area contributed by atoms with Gasteiger partial charge in [0.1, 0.15) is 12.4 Å². The third kappa shape index (κ3) is 4.91. The lowest BCUT2D eigenvalue weighted by molar-refractivity contribution is 0.311. The second kappa shape index (κ2) is 8.18. The first-order chi connectivity index (χ1) is 7.15. The number of benzene rings is 1. The normalized spacial score (nSPS) is 9.75. The van der Waals surface area contributed by atoms with E-state index in [1.165, 1.54) is 0 Å². The van der Waals surface area contributed by atoms with Crippen molar-refractivity contribution in [3.8, 4) is 5.75 Å². The van der Waals surface area contributed by atoms with E-state index in [2.05, 4.69) is 28.2 Å². The van der Waals surface area contributed by atoms with Crippen molar-refractivity contribution in [2.45, 2.75) is 13.8 Å². The topological polar surface area (TPSA) is 21.3 Å². The Kier molecular flexibility index (Phi) is 8.20. The fraction of sp³-hybridized carbons (Fsp3) is 0.455. The predicted octanol–water partition coefficient (Wildman–Crippen LogP) is 3.82. The molecule has 0 atom stereocenters. The van der Waals surface area contributed by atoms with Gasteiger partial charge in [-0.25, -0.2) is 0 Å². The fourth-order valence-corrected chi connectivity index (χ4v) is 2.35. The minimum absolute atomic E-state index is 0. The third-order valence-electron chi connectivity index (χ3n) is 1.97. The number of ether oxygens (including phenoxy) is 1. The molecule has 1 rings (SSSR count). The molecule has 0 aliphatic rings. The minimum Gasteiger partial charge on any atom is -0.491 e. The van der Waals surface area contributed by atoms with Crippen LogP contribution in [-0.4, -0.2) is 19.7 Å². The van der Waals surface area contributed by atoms with Gasteiger partial charge >= 0.3 is 0 Å². The Labute approximate surface area is 116 Å². The summed E-state index contributed by atoms with van der Waals surface area (Å²) in [6.45, 7) is 6.53. The molecule has 0 radical (unpaired) electrons. The highest BCUT2D eigenvalue weighted by Crippen LogP contribution is 2.31. The Hall–Kier alpha value is 0.0400. The molecule has 0 aromatic heterocycles. The Balaban J connectivity index is 0.00000225. The number of aryl methyl sites for hydroxylation is 1. The van der Waals surface area contributed by atoms with E-state index >= 15 is 0 Å². The quantitative estimate of drug-likeness (QED) is 0.830. The summed E-state index contributed by atoms with van der Waals surface area (Å²) in [6.07, 6.45) is 0. The largest absolute Gasteiger partial charge is 0.491 e.